The van der Waals surface area contributed by atoms with Crippen molar-refractivity contribution in [3.8, 4) is 11.3 Å². The molecule has 1 aromatic heterocycles. The highest BCUT2D eigenvalue weighted by atomic mass is 35.5. The van der Waals surface area contributed by atoms with Crippen LogP contribution in [0.3, 0.4) is 0 Å². The number of benzene rings is 1. The van der Waals surface area contributed by atoms with Crippen LogP contribution in [0.2, 0.25) is 5.02 Å². The van der Waals surface area contributed by atoms with E-state index in [1.807, 2.05) is 12.1 Å². The Labute approximate surface area is 116 Å². The molecule has 0 radical (unpaired) electrons. The third-order valence-electron chi connectivity index (χ3n) is 2.61. The molecule has 1 aromatic carbocycles. The van der Waals surface area contributed by atoms with E-state index in [0.29, 0.717) is 16.5 Å². The summed E-state index contributed by atoms with van der Waals surface area (Å²) in [6.45, 7) is 0.241. The lowest BCUT2D eigenvalue weighted by molar-refractivity contribution is 0.588. The summed E-state index contributed by atoms with van der Waals surface area (Å²) in [5.41, 5.74) is 7.34. The van der Waals surface area contributed by atoms with Gasteiger partial charge in [-0.05, 0) is 12.1 Å². The second kappa shape index (κ2) is 5.22. The van der Waals surface area contributed by atoms with Crippen molar-refractivity contribution in [3.05, 3.63) is 35.4 Å². The number of anilines is 1. The van der Waals surface area contributed by atoms with Gasteiger partial charge < -0.3 is 5.73 Å². The number of nitrogens with two attached hydrogens (primary N) is 1. The molecule has 7 heteroatoms. The highest BCUT2D eigenvalue weighted by molar-refractivity contribution is 7.90. The topological polar surface area (TPSA) is 78.0 Å². The molecule has 0 atom stereocenters. The summed E-state index contributed by atoms with van der Waals surface area (Å²) in [5, 5.41) is 4.91. The van der Waals surface area contributed by atoms with Gasteiger partial charge in [-0.25, -0.2) is 13.1 Å². The SMILES string of the molecule is CS(=O)(=O)CCn1nc(-c2cccc(Cl)c2)cc1N. The van der Waals surface area contributed by atoms with Crippen LogP contribution in [0.5, 0.6) is 0 Å². The first-order valence-electron chi connectivity index (χ1n) is 5.62. The summed E-state index contributed by atoms with van der Waals surface area (Å²) >= 11 is 5.92. The number of nitrogen functional groups attached to an aromatic ring is 1. The Hall–Kier alpha value is -1.53. The number of rotatable bonds is 4. The highest BCUT2D eigenvalue weighted by Gasteiger charge is 2.10. The summed E-state index contributed by atoms with van der Waals surface area (Å²) in [5.74, 6) is 0.437. The highest BCUT2D eigenvalue weighted by Crippen LogP contribution is 2.23. The predicted molar refractivity (Wildman–Crippen MR) is 76.8 cm³/mol. The van der Waals surface area contributed by atoms with Crippen molar-refractivity contribution in [1.82, 2.24) is 9.78 Å². The van der Waals surface area contributed by atoms with Gasteiger partial charge in [0, 0.05) is 22.9 Å². The van der Waals surface area contributed by atoms with Crippen LogP contribution in [0.4, 0.5) is 5.82 Å². The van der Waals surface area contributed by atoms with Gasteiger partial charge in [0.05, 0.1) is 18.0 Å². The Kier molecular flexibility index (Phi) is 3.82. The molecule has 5 nitrogen and oxygen atoms in total. The van der Waals surface area contributed by atoms with E-state index in [2.05, 4.69) is 5.10 Å². The van der Waals surface area contributed by atoms with Gasteiger partial charge in [-0.1, -0.05) is 23.7 Å². The van der Waals surface area contributed by atoms with Gasteiger partial charge in [-0.2, -0.15) is 5.10 Å². The molecule has 0 amide bonds. The van der Waals surface area contributed by atoms with E-state index in [-0.39, 0.29) is 12.3 Å². The van der Waals surface area contributed by atoms with Crippen molar-refractivity contribution in [2.24, 2.45) is 0 Å². The van der Waals surface area contributed by atoms with Crippen molar-refractivity contribution >= 4 is 27.3 Å². The second-order valence-electron chi connectivity index (χ2n) is 4.32. The van der Waals surface area contributed by atoms with Gasteiger partial charge in [-0.15, -0.1) is 0 Å². The predicted octanol–water partition coefficient (Wildman–Crippen LogP) is 1.83. The number of halogens is 1. The maximum absolute atomic E-state index is 11.1. The normalized spacial score (nSPS) is 11.7. The number of sulfone groups is 1. The smallest absolute Gasteiger partial charge is 0.149 e. The number of aryl methyl sites for hydroxylation is 1. The standard InChI is InChI=1S/C12H14ClN3O2S/c1-19(17,18)6-5-16-12(14)8-11(15-16)9-3-2-4-10(13)7-9/h2-4,7-8H,5-6,14H2,1H3. The van der Waals surface area contributed by atoms with Gasteiger partial charge in [0.25, 0.3) is 0 Å². The van der Waals surface area contributed by atoms with E-state index in [9.17, 15) is 8.42 Å². The molecule has 2 N–H and O–H groups in total. The van der Waals surface area contributed by atoms with Gasteiger partial charge in [0.1, 0.15) is 15.7 Å². The monoisotopic (exact) mass is 299 g/mol. The molecule has 2 rings (SSSR count). The fraction of sp³-hybridized carbons (Fsp3) is 0.250. The van der Waals surface area contributed by atoms with Gasteiger partial charge in [0.2, 0.25) is 0 Å². The summed E-state index contributed by atoms with van der Waals surface area (Å²) in [6.07, 6.45) is 1.19. The lowest BCUT2D eigenvalue weighted by atomic mass is 10.1. The molecule has 0 aliphatic rings. The molecule has 0 spiro atoms. The molecule has 0 saturated heterocycles. The van der Waals surface area contributed by atoms with E-state index in [1.54, 1.807) is 18.2 Å². The van der Waals surface area contributed by atoms with Crippen LogP contribution >= 0.6 is 11.6 Å². The second-order valence-corrected chi connectivity index (χ2v) is 7.01. The summed E-state index contributed by atoms with van der Waals surface area (Å²) in [6, 6.07) is 8.95. The average molecular weight is 300 g/mol. The molecule has 0 aliphatic carbocycles. The van der Waals surface area contributed by atoms with E-state index in [1.165, 1.54) is 10.9 Å². The fourth-order valence-electron chi connectivity index (χ4n) is 1.65. The lowest BCUT2D eigenvalue weighted by Gasteiger charge is -2.02. The van der Waals surface area contributed by atoms with E-state index in [0.717, 1.165) is 5.56 Å². The van der Waals surface area contributed by atoms with Crippen LogP contribution in [-0.2, 0) is 16.4 Å². The largest absolute Gasteiger partial charge is 0.384 e. The maximum atomic E-state index is 11.1. The lowest BCUT2D eigenvalue weighted by Crippen LogP contribution is -2.13. The van der Waals surface area contributed by atoms with Crippen LogP contribution in [0.25, 0.3) is 11.3 Å². The Morgan fingerprint density at radius 1 is 1.37 bits per heavy atom. The quantitative estimate of drug-likeness (QED) is 0.934. The third-order valence-corrected chi connectivity index (χ3v) is 3.76. The van der Waals surface area contributed by atoms with Gasteiger partial charge in [-0.3, -0.25) is 0 Å². The van der Waals surface area contributed by atoms with Crippen LogP contribution in [0, 0.1) is 0 Å². The molecule has 2 aromatic rings. The van der Waals surface area contributed by atoms with Crippen LogP contribution < -0.4 is 5.73 Å². The first-order chi connectivity index (χ1) is 8.85. The zero-order chi connectivity index (χ0) is 14.0. The Morgan fingerprint density at radius 3 is 2.74 bits per heavy atom. The Bertz CT molecular complexity index is 695. The number of nitrogens with zero attached hydrogens (tertiary/aromatic N) is 2. The fourth-order valence-corrected chi connectivity index (χ4v) is 2.35. The molecule has 0 aliphatic heterocycles. The van der Waals surface area contributed by atoms with Crippen LogP contribution in [0.15, 0.2) is 30.3 Å². The molecular formula is C12H14ClN3O2S. The van der Waals surface area contributed by atoms with Crippen molar-refractivity contribution < 1.29 is 8.42 Å². The van der Waals surface area contributed by atoms with Crippen molar-refractivity contribution in [1.29, 1.82) is 0 Å². The average Bonchev–Trinajstić information content (AvgIpc) is 2.67. The molecular weight excluding hydrogens is 286 g/mol. The molecule has 19 heavy (non-hydrogen) atoms. The van der Waals surface area contributed by atoms with Gasteiger partial charge >= 0.3 is 0 Å². The van der Waals surface area contributed by atoms with E-state index >= 15 is 0 Å². The van der Waals surface area contributed by atoms with E-state index in [4.69, 9.17) is 17.3 Å². The zero-order valence-corrected chi connectivity index (χ0v) is 11.9. The first kappa shape index (κ1) is 13.9. The minimum Gasteiger partial charge on any atom is -0.384 e. The zero-order valence-electron chi connectivity index (χ0n) is 10.4. The minimum atomic E-state index is -3.04. The molecule has 0 unspecified atom stereocenters. The molecule has 0 bridgehead atoms. The van der Waals surface area contributed by atoms with Crippen LogP contribution in [0.1, 0.15) is 0 Å². The van der Waals surface area contributed by atoms with E-state index < -0.39 is 9.84 Å². The van der Waals surface area contributed by atoms with Crippen molar-refractivity contribution in [2.75, 3.05) is 17.7 Å². The minimum absolute atomic E-state index is 0.00780. The molecule has 0 saturated carbocycles. The molecule has 0 fully saturated rings. The summed E-state index contributed by atoms with van der Waals surface area (Å²) in [7, 11) is -3.04. The Morgan fingerprint density at radius 2 is 2.11 bits per heavy atom. The molecule has 1 heterocycles. The van der Waals surface area contributed by atoms with Crippen LogP contribution in [-0.4, -0.2) is 30.2 Å². The van der Waals surface area contributed by atoms with Gasteiger partial charge in [0.15, 0.2) is 0 Å². The van der Waals surface area contributed by atoms with Crippen molar-refractivity contribution in [2.45, 2.75) is 6.54 Å². The number of hydrogen-bond acceptors (Lipinski definition) is 4. The number of aromatic nitrogens is 2. The summed E-state index contributed by atoms with van der Waals surface area (Å²) < 4.78 is 23.8. The first-order valence-corrected chi connectivity index (χ1v) is 8.06. The molecule has 102 valence electrons. The van der Waals surface area contributed by atoms with Crippen molar-refractivity contribution in [3.63, 3.8) is 0 Å². The maximum Gasteiger partial charge on any atom is 0.149 e. The Balaban J connectivity index is 2.26. The number of hydrogen-bond donors (Lipinski definition) is 1. The third kappa shape index (κ3) is 3.71. The summed E-state index contributed by atoms with van der Waals surface area (Å²) in [4.78, 5) is 0.